The van der Waals surface area contributed by atoms with Crippen molar-refractivity contribution in [2.24, 2.45) is 5.73 Å². The molecule has 6 heteroatoms. The molecule has 0 aliphatic carbocycles. The smallest absolute Gasteiger partial charge is 0.305 e. The van der Waals surface area contributed by atoms with Crippen LogP contribution >= 0.6 is 0 Å². The predicted molar refractivity (Wildman–Crippen MR) is 65.3 cm³/mol. The molecular formula is C12H17NO5. The zero-order valence-electron chi connectivity index (χ0n) is 10.6. The molecule has 0 spiro atoms. The fourth-order valence-corrected chi connectivity index (χ4v) is 1.69. The Labute approximate surface area is 105 Å². The molecule has 0 fully saturated rings. The first-order valence-corrected chi connectivity index (χ1v) is 5.30. The van der Waals surface area contributed by atoms with Gasteiger partial charge in [-0.25, -0.2) is 0 Å². The van der Waals surface area contributed by atoms with Crippen LogP contribution in [0.5, 0.6) is 17.2 Å². The van der Waals surface area contributed by atoms with Gasteiger partial charge in [0.1, 0.15) is 17.2 Å². The van der Waals surface area contributed by atoms with E-state index >= 15 is 0 Å². The lowest BCUT2D eigenvalue weighted by atomic mass is 10.0. The van der Waals surface area contributed by atoms with Crippen molar-refractivity contribution < 1.29 is 24.1 Å². The van der Waals surface area contributed by atoms with E-state index in [1.807, 2.05) is 0 Å². The van der Waals surface area contributed by atoms with E-state index in [-0.39, 0.29) is 6.42 Å². The monoisotopic (exact) mass is 255 g/mol. The highest BCUT2D eigenvalue weighted by Gasteiger charge is 2.21. The van der Waals surface area contributed by atoms with Gasteiger partial charge >= 0.3 is 5.97 Å². The Bertz CT molecular complexity index is 407. The minimum absolute atomic E-state index is 0.209. The zero-order valence-corrected chi connectivity index (χ0v) is 10.6. The Balaban J connectivity index is 3.25. The molecule has 1 aromatic rings. The molecule has 0 aliphatic heterocycles. The molecule has 0 unspecified atom stereocenters. The lowest BCUT2D eigenvalue weighted by Crippen LogP contribution is -2.17. The summed E-state index contributed by atoms with van der Waals surface area (Å²) < 4.78 is 15.5. The fraction of sp³-hybridized carbons (Fsp3) is 0.417. The van der Waals surface area contributed by atoms with Crippen molar-refractivity contribution in [3.63, 3.8) is 0 Å². The van der Waals surface area contributed by atoms with E-state index in [0.29, 0.717) is 22.8 Å². The first kappa shape index (κ1) is 14.1. The Morgan fingerprint density at radius 2 is 1.72 bits per heavy atom. The van der Waals surface area contributed by atoms with Gasteiger partial charge in [-0.15, -0.1) is 0 Å². The van der Waals surface area contributed by atoms with Crippen LogP contribution in [0.1, 0.15) is 18.0 Å². The van der Waals surface area contributed by atoms with Gasteiger partial charge in [0.15, 0.2) is 0 Å². The van der Waals surface area contributed by atoms with Crippen molar-refractivity contribution >= 4 is 5.97 Å². The molecule has 0 radical (unpaired) electrons. The van der Waals surface area contributed by atoms with Crippen molar-refractivity contribution in [3.8, 4) is 17.2 Å². The summed E-state index contributed by atoms with van der Waals surface area (Å²) in [5.41, 5.74) is 6.38. The number of nitrogens with two attached hydrogens (primary N) is 1. The van der Waals surface area contributed by atoms with Crippen LogP contribution in [0.25, 0.3) is 0 Å². The molecule has 100 valence electrons. The normalized spacial score (nSPS) is 11.8. The number of methoxy groups -OCH3 is 3. The van der Waals surface area contributed by atoms with Gasteiger partial charge < -0.3 is 25.1 Å². The van der Waals surface area contributed by atoms with E-state index in [2.05, 4.69) is 0 Å². The van der Waals surface area contributed by atoms with E-state index < -0.39 is 12.0 Å². The Morgan fingerprint density at radius 1 is 1.22 bits per heavy atom. The zero-order chi connectivity index (χ0) is 13.7. The number of rotatable bonds is 6. The topological polar surface area (TPSA) is 91.0 Å². The van der Waals surface area contributed by atoms with Crippen LogP contribution < -0.4 is 19.9 Å². The highest BCUT2D eigenvalue weighted by atomic mass is 16.5. The molecule has 18 heavy (non-hydrogen) atoms. The van der Waals surface area contributed by atoms with Crippen LogP contribution in [-0.2, 0) is 4.79 Å². The summed E-state index contributed by atoms with van der Waals surface area (Å²) in [7, 11) is 4.47. The largest absolute Gasteiger partial charge is 0.496 e. The van der Waals surface area contributed by atoms with E-state index in [9.17, 15) is 4.79 Å². The molecule has 1 atom stereocenters. The molecule has 0 amide bonds. The maximum atomic E-state index is 10.7. The average Bonchev–Trinajstić information content (AvgIpc) is 2.35. The minimum atomic E-state index is -0.984. The van der Waals surface area contributed by atoms with E-state index in [1.54, 1.807) is 12.1 Å². The lowest BCUT2D eigenvalue weighted by Gasteiger charge is -2.18. The molecule has 3 N–H and O–H groups in total. The molecule has 0 heterocycles. The predicted octanol–water partition coefficient (Wildman–Crippen LogP) is 1.19. The van der Waals surface area contributed by atoms with Crippen molar-refractivity contribution in [3.05, 3.63) is 17.7 Å². The maximum Gasteiger partial charge on any atom is 0.305 e. The Kier molecular flexibility index (Phi) is 4.79. The second kappa shape index (κ2) is 6.11. The summed E-state index contributed by atoms with van der Waals surface area (Å²) >= 11 is 0. The molecule has 1 aromatic carbocycles. The van der Waals surface area contributed by atoms with Gasteiger partial charge in [0.05, 0.1) is 33.3 Å². The third-order valence-corrected chi connectivity index (χ3v) is 2.52. The van der Waals surface area contributed by atoms with E-state index in [1.165, 1.54) is 21.3 Å². The number of carbonyl (C=O) groups is 1. The van der Waals surface area contributed by atoms with Gasteiger partial charge in [0.2, 0.25) is 0 Å². The van der Waals surface area contributed by atoms with Crippen LogP contribution in [0.2, 0.25) is 0 Å². The van der Waals surface area contributed by atoms with Crippen LogP contribution in [0, 0.1) is 0 Å². The number of carboxylic acid groups (broad SMARTS) is 1. The first-order chi connectivity index (χ1) is 8.53. The second-order valence-electron chi connectivity index (χ2n) is 3.65. The standard InChI is InChI=1S/C12H17NO5/c1-16-7-4-9(17-2)12(10(5-7)18-3)8(13)6-11(14)15/h4-5,8H,6,13H2,1-3H3,(H,14,15)/t8-/m1/s1. The van der Waals surface area contributed by atoms with E-state index in [4.69, 9.17) is 25.1 Å². The highest BCUT2D eigenvalue weighted by molar-refractivity contribution is 5.69. The van der Waals surface area contributed by atoms with Gasteiger partial charge in [-0.1, -0.05) is 0 Å². The fourth-order valence-electron chi connectivity index (χ4n) is 1.69. The molecule has 0 aromatic heterocycles. The number of ether oxygens (including phenoxy) is 3. The van der Waals surface area contributed by atoms with Crippen molar-refractivity contribution in [2.75, 3.05) is 21.3 Å². The van der Waals surface area contributed by atoms with Gasteiger partial charge in [0.25, 0.3) is 0 Å². The quantitative estimate of drug-likeness (QED) is 0.793. The van der Waals surface area contributed by atoms with Crippen LogP contribution in [0.4, 0.5) is 0 Å². The molecule has 0 aliphatic rings. The lowest BCUT2D eigenvalue weighted by molar-refractivity contribution is -0.137. The first-order valence-electron chi connectivity index (χ1n) is 5.30. The third-order valence-electron chi connectivity index (χ3n) is 2.52. The molecule has 0 bridgehead atoms. The van der Waals surface area contributed by atoms with Gasteiger partial charge in [-0.2, -0.15) is 0 Å². The summed E-state index contributed by atoms with van der Waals surface area (Å²) in [6.07, 6.45) is -0.209. The molecule has 1 rings (SSSR count). The summed E-state index contributed by atoms with van der Waals surface area (Å²) in [5.74, 6) is 0.456. The summed E-state index contributed by atoms with van der Waals surface area (Å²) in [5, 5.41) is 8.79. The summed E-state index contributed by atoms with van der Waals surface area (Å²) in [4.78, 5) is 10.7. The van der Waals surface area contributed by atoms with Crippen molar-refractivity contribution in [2.45, 2.75) is 12.5 Å². The summed E-state index contributed by atoms with van der Waals surface area (Å²) in [6, 6.07) is 2.57. The second-order valence-corrected chi connectivity index (χ2v) is 3.65. The number of hydrogen-bond donors (Lipinski definition) is 2. The average molecular weight is 255 g/mol. The Hall–Kier alpha value is -1.95. The highest BCUT2D eigenvalue weighted by Crippen LogP contribution is 2.38. The number of carboxylic acids is 1. The number of aliphatic carboxylic acids is 1. The van der Waals surface area contributed by atoms with Crippen molar-refractivity contribution in [1.29, 1.82) is 0 Å². The molecule has 0 saturated carbocycles. The Morgan fingerprint density at radius 3 is 2.06 bits per heavy atom. The maximum absolute atomic E-state index is 10.7. The molecular weight excluding hydrogens is 238 g/mol. The van der Waals surface area contributed by atoms with E-state index in [0.717, 1.165) is 0 Å². The minimum Gasteiger partial charge on any atom is -0.496 e. The number of benzene rings is 1. The number of hydrogen-bond acceptors (Lipinski definition) is 5. The summed E-state index contributed by atoms with van der Waals surface area (Å²) in [6.45, 7) is 0. The van der Waals surface area contributed by atoms with Crippen LogP contribution in [0.3, 0.4) is 0 Å². The third kappa shape index (κ3) is 3.04. The van der Waals surface area contributed by atoms with Crippen molar-refractivity contribution in [1.82, 2.24) is 0 Å². The van der Waals surface area contributed by atoms with Gasteiger partial charge in [-0.05, 0) is 0 Å². The molecule has 0 saturated heterocycles. The SMILES string of the molecule is COc1cc(OC)c([C@H](N)CC(=O)O)c(OC)c1. The van der Waals surface area contributed by atoms with Gasteiger partial charge in [0, 0.05) is 18.2 Å². The van der Waals surface area contributed by atoms with Crippen LogP contribution in [-0.4, -0.2) is 32.4 Å². The molecule has 6 nitrogen and oxygen atoms in total. The van der Waals surface area contributed by atoms with Gasteiger partial charge in [-0.3, -0.25) is 4.79 Å². The van der Waals surface area contributed by atoms with Crippen LogP contribution in [0.15, 0.2) is 12.1 Å².